The minimum atomic E-state index is -0.463. The van der Waals surface area contributed by atoms with Crippen molar-refractivity contribution in [1.82, 2.24) is 10.2 Å². The molecule has 0 spiro atoms. The van der Waals surface area contributed by atoms with Crippen molar-refractivity contribution in [3.8, 4) is 0 Å². The number of hydrogen-bond donors (Lipinski definition) is 1. The van der Waals surface area contributed by atoms with Crippen LogP contribution in [0.3, 0.4) is 0 Å². The van der Waals surface area contributed by atoms with E-state index in [4.69, 9.17) is 4.42 Å². The molecule has 0 aromatic carbocycles. The molecule has 2 atom stereocenters. The van der Waals surface area contributed by atoms with Gasteiger partial charge in [-0.1, -0.05) is 0 Å². The zero-order valence-corrected chi connectivity index (χ0v) is 11.0. The van der Waals surface area contributed by atoms with Gasteiger partial charge in [-0.25, -0.2) is 4.79 Å². The molecule has 2 aliphatic heterocycles. The van der Waals surface area contributed by atoms with Gasteiger partial charge in [-0.05, 0) is 24.8 Å². The molecule has 6 nitrogen and oxygen atoms in total. The molecule has 20 heavy (non-hydrogen) atoms. The summed E-state index contributed by atoms with van der Waals surface area (Å²) in [6.07, 6.45) is 3.34. The Morgan fingerprint density at radius 3 is 2.90 bits per heavy atom. The summed E-state index contributed by atoms with van der Waals surface area (Å²) in [5, 5.41) is 2.99. The van der Waals surface area contributed by atoms with Crippen LogP contribution in [0.5, 0.6) is 0 Å². The molecule has 3 heterocycles. The van der Waals surface area contributed by atoms with Crippen molar-refractivity contribution in [3.05, 3.63) is 34.4 Å². The van der Waals surface area contributed by atoms with Gasteiger partial charge in [-0.15, -0.1) is 0 Å². The second-order valence-corrected chi connectivity index (χ2v) is 5.36. The van der Waals surface area contributed by atoms with E-state index < -0.39 is 5.63 Å². The second-order valence-electron chi connectivity index (χ2n) is 5.36. The molecule has 2 fully saturated rings. The van der Waals surface area contributed by atoms with Crippen LogP contribution in [0.15, 0.2) is 27.6 Å². The SMILES string of the molecule is O=C1CCC2CN(C(=O)c3ccc(=O)oc3)CCC2N1. The van der Waals surface area contributed by atoms with E-state index >= 15 is 0 Å². The van der Waals surface area contributed by atoms with Gasteiger partial charge in [0.1, 0.15) is 6.26 Å². The Balaban J connectivity index is 1.70. The van der Waals surface area contributed by atoms with Crippen LogP contribution in [0.25, 0.3) is 0 Å². The van der Waals surface area contributed by atoms with Gasteiger partial charge in [0.05, 0.1) is 5.56 Å². The first-order valence-electron chi connectivity index (χ1n) is 6.81. The summed E-state index contributed by atoms with van der Waals surface area (Å²) in [7, 11) is 0. The Morgan fingerprint density at radius 2 is 2.15 bits per heavy atom. The lowest BCUT2D eigenvalue weighted by atomic mass is 9.85. The minimum absolute atomic E-state index is 0.107. The average molecular weight is 276 g/mol. The molecule has 0 aliphatic carbocycles. The van der Waals surface area contributed by atoms with Gasteiger partial charge in [0.2, 0.25) is 5.91 Å². The fourth-order valence-electron chi connectivity index (χ4n) is 2.96. The van der Waals surface area contributed by atoms with Crippen molar-refractivity contribution in [2.75, 3.05) is 13.1 Å². The van der Waals surface area contributed by atoms with Crippen LogP contribution in [0.2, 0.25) is 0 Å². The molecule has 2 unspecified atom stereocenters. The molecule has 0 bridgehead atoms. The highest BCUT2D eigenvalue weighted by Crippen LogP contribution is 2.26. The van der Waals surface area contributed by atoms with Gasteiger partial charge >= 0.3 is 5.63 Å². The molecule has 3 rings (SSSR count). The summed E-state index contributed by atoms with van der Waals surface area (Å²) in [4.78, 5) is 36.4. The van der Waals surface area contributed by atoms with Crippen molar-refractivity contribution in [2.24, 2.45) is 5.92 Å². The molecule has 2 amide bonds. The van der Waals surface area contributed by atoms with Crippen LogP contribution in [0.4, 0.5) is 0 Å². The number of carbonyl (C=O) groups is 2. The fraction of sp³-hybridized carbons (Fsp3) is 0.500. The van der Waals surface area contributed by atoms with Gasteiger partial charge in [0.15, 0.2) is 0 Å². The number of rotatable bonds is 1. The van der Waals surface area contributed by atoms with Crippen LogP contribution < -0.4 is 10.9 Å². The highest BCUT2D eigenvalue weighted by Gasteiger charge is 2.35. The summed E-state index contributed by atoms with van der Waals surface area (Å²) >= 11 is 0. The Labute approximate surface area is 115 Å². The Morgan fingerprint density at radius 1 is 1.30 bits per heavy atom. The number of fused-ring (bicyclic) bond motifs is 1. The molecular formula is C14H16N2O4. The number of carbonyl (C=O) groups excluding carboxylic acids is 2. The third-order valence-electron chi connectivity index (χ3n) is 4.06. The predicted molar refractivity (Wildman–Crippen MR) is 70.2 cm³/mol. The van der Waals surface area contributed by atoms with Crippen molar-refractivity contribution >= 4 is 11.8 Å². The maximum atomic E-state index is 12.3. The Bertz CT molecular complexity index is 575. The topological polar surface area (TPSA) is 79.6 Å². The smallest absolute Gasteiger partial charge is 0.335 e. The normalized spacial score (nSPS) is 25.8. The molecule has 2 saturated heterocycles. The number of hydrogen-bond acceptors (Lipinski definition) is 4. The first-order valence-corrected chi connectivity index (χ1v) is 6.81. The lowest BCUT2D eigenvalue weighted by molar-refractivity contribution is -0.125. The minimum Gasteiger partial charge on any atom is -0.430 e. The lowest BCUT2D eigenvalue weighted by Crippen LogP contribution is -2.55. The van der Waals surface area contributed by atoms with Crippen LogP contribution >= 0.6 is 0 Å². The van der Waals surface area contributed by atoms with E-state index in [-0.39, 0.29) is 17.9 Å². The van der Waals surface area contributed by atoms with E-state index in [0.717, 1.165) is 12.8 Å². The van der Waals surface area contributed by atoms with Crippen LogP contribution in [-0.2, 0) is 4.79 Å². The van der Waals surface area contributed by atoms with Crippen molar-refractivity contribution in [3.63, 3.8) is 0 Å². The number of likely N-dealkylation sites (tertiary alicyclic amines) is 1. The molecule has 1 aromatic rings. The first-order chi connectivity index (χ1) is 9.63. The van der Waals surface area contributed by atoms with Crippen LogP contribution in [-0.4, -0.2) is 35.8 Å². The molecule has 0 saturated carbocycles. The fourth-order valence-corrected chi connectivity index (χ4v) is 2.96. The van der Waals surface area contributed by atoms with E-state index in [1.165, 1.54) is 18.4 Å². The molecule has 2 aliphatic rings. The molecular weight excluding hydrogens is 260 g/mol. The number of nitrogens with one attached hydrogen (secondary N) is 1. The van der Waals surface area contributed by atoms with Gasteiger partial charge in [0.25, 0.3) is 5.91 Å². The van der Waals surface area contributed by atoms with Gasteiger partial charge < -0.3 is 14.6 Å². The van der Waals surface area contributed by atoms with Gasteiger partial charge in [0, 0.05) is 31.6 Å². The number of nitrogens with zero attached hydrogens (tertiary/aromatic N) is 1. The monoisotopic (exact) mass is 276 g/mol. The standard InChI is InChI=1S/C14H16N2O4/c17-12-3-1-9-7-16(6-5-11(9)15-12)14(19)10-2-4-13(18)20-8-10/h2,4,8-9,11H,1,3,5-7H2,(H,15,17). The number of amides is 2. The van der Waals surface area contributed by atoms with Gasteiger partial charge in [-0.3, -0.25) is 9.59 Å². The van der Waals surface area contributed by atoms with E-state index in [1.54, 1.807) is 4.90 Å². The summed E-state index contributed by atoms with van der Waals surface area (Å²) in [6.45, 7) is 1.25. The van der Waals surface area contributed by atoms with Crippen LogP contribution in [0.1, 0.15) is 29.6 Å². The molecule has 6 heteroatoms. The summed E-state index contributed by atoms with van der Waals surface area (Å²) < 4.78 is 4.73. The van der Waals surface area contributed by atoms with Crippen molar-refractivity contribution in [2.45, 2.75) is 25.3 Å². The van der Waals surface area contributed by atoms with E-state index in [1.807, 2.05) is 0 Å². The van der Waals surface area contributed by atoms with E-state index in [9.17, 15) is 14.4 Å². The van der Waals surface area contributed by atoms with E-state index in [0.29, 0.717) is 31.0 Å². The molecule has 1 N–H and O–H groups in total. The summed E-state index contributed by atoms with van der Waals surface area (Å²) in [6, 6.07) is 2.93. The largest absolute Gasteiger partial charge is 0.430 e. The van der Waals surface area contributed by atoms with Crippen molar-refractivity contribution < 1.29 is 14.0 Å². The summed E-state index contributed by atoms with van der Waals surface area (Å²) in [5.41, 5.74) is -0.0712. The zero-order chi connectivity index (χ0) is 14.1. The third kappa shape index (κ3) is 2.45. The van der Waals surface area contributed by atoms with Gasteiger partial charge in [-0.2, -0.15) is 0 Å². The van der Waals surface area contributed by atoms with E-state index in [2.05, 4.69) is 5.32 Å². The predicted octanol–water partition coefficient (Wildman–Crippen LogP) is 0.381. The maximum Gasteiger partial charge on any atom is 0.335 e. The number of piperidine rings is 2. The molecule has 1 aromatic heterocycles. The second kappa shape index (κ2) is 5.11. The van der Waals surface area contributed by atoms with Crippen molar-refractivity contribution in [1.29, 1.82) is 0 Å². The molecule has 0 radical (unpaired) electrons. The quantitative estimate of drug-likeness (QED) is 0.804. The Kier molecular flexibility index (Phi) is 3.30. The highest BCUT2D eigenvalue weighted by atomic mass is 16.4. The maximum absolute atomic E-state index is 12.3. The lowest BCUT2D eigenvalue weighted by Gasteiger charge is -2.41. The zero-order valence-electron chi connectivity index (χ0n) is 11.0. The average Bonchev–Trinajstić information content (AvgIpc) is 2.47. The Hall–Kier alpha value is -2.11. The first kappa shape index (κ1) is 12.9. The third-order valence-corrected chi connectivity index (χ3v) is 4.06. The highest BCUT2D eigenvalue weighted by molar-refractivity contribution is 5.93. The molecule has 106 valence electrons. The van der Waals surface area contributed by atoms with Crippen LogP contribution in [0, 0.1) is 5.92 Å². The summed E-state index contributed by atoms with van der Waals surface area (Å²) in [5.74, 6) is 0.307.